The van der Waals surface area contributed by atoms with E-state index in [2.05, 4.69) is 22.0 Å². The molecule has 2 N–H and O–H groups in total. The number of rotatable bonds is 6. The molecule has 0 unspecified atom stereocenters. The lowest BCUT2D eigenvalue weighted by molar-refractivity contribution is 0.692. The van der Waals surface area contributed by atoms with Crippen LogP contribution in [0.15, 0.2) is 12.3 Å². The fourth-order valence-corrected chi connectivity index (χ4v) is 2.08. The molecular weight excluding hydrogens is 232 g/mol. The van der Waals surface area contributed by atoms with Crippen LogP contribution in [-0.4, -0.2) is 28.3 Å². The SMILES string of the molecule is CCCN(CC1CC1)c1nnccc1C(N)=S. The molecule has 4 nitrogen and oxygen atoms in total. The molecule has 1 aliphatic carbocycles. The summed E-state index contributed by atoms with van der Waals surface area (Å²) in [7, 11) is 0. The standard InChI is InChI=1S/C12H18N4S/c1-2-7-16(8-9-3-4-9)12-10(11(13)17)5-6-14-15-12/h5-6,9H,2-4,7-8H2,1H3,(H2,13,17). The van der Waals surface area contributed by atoms with Crippen molar-refractivity contribution in [3.63, 3.8) is 0 Å². The molecule has 0 amide bonds. The Labute approximate surface area is 107 Å². The maximum atomic E-state index is 5.73. The van der Waals surface area contributed by atoms with E-state index in [1.165, 1.54) is 12.8 Å². The van der Waals surface area contributed by atoms with Gasteiger partial charge in [-0.2, -0.15) is 5.10 Å². The summed E-state index contributed by atoms with van der Waals surface area (Å²) in [6.07, 6.45) is 5.37. The van der Waals surface area contributed by atoms with E-state index in [0.29, 0.717) is 4.99 Å². The normalized spacial score (nSPS) is 14.6. The van der Waals surface area contributed by atoms with Gasteiger partial charge in [0.15, 0.2) is 5.82 Å². The topological polar surface area (TPSA) is 55.0 Å². The van der Waals surface area contributed by atoms with Gasteiger partial charge in [-0.25, -0.2) is 0 Å². The van der Waals surface area contributed by atoms with E-state index in [1.54, 1.807) is 6.20 Å². The van der Waals surface area contributed by atoms with Gasteiger partial charge in [-0.1, -0.05) is 19.1 Å². The Morgan fingerprint density at radius 1 is 1.59 bits per heavy atom. The first-order valence-electron chi connectivity index (χ1n) is 6.08. The molecule has 5 heteroatoms. The van der Waals surface area contributed by atoms with Crippen LogP contribution < -0.4 is 10.6 Å². The number of hydrogen-bond acceptors (Lipinski definition) is 4. The third kappa shape index (κ3) is 3.12. The highest BCUT2D eigenvalue weighted by Crippen LogP contribution is 2.31. The van der Waals surface area contributed by atoms with Crippen LogP contribution in [0.25, 0.3) is 0 Å². The fraction of sp³-hybridized carbons (Fsp3) is 0.583. The zero-order valence-electron chi connectivity index (χ0n) is 10.1. The Kier molecular flexibility index (Phi) is 3.89. The van der Waals surface area contributed by atoms with Crippen molar-refractivity contribution in [3.8, 4) is 0 Å². The van der Waals surface area contributed by atoms with Crippen molar-refractivity contribution in [2.75, 3.05) is 18.0 Å². The number of hydrogen-bond donors (Lipinski definition) is 1. The van der Waals surface area contributed by atoms with E-state index >= 15 is 0 Å². The summed E-state index contributed by atoms with van der Waals surface area (Å²) in [6.45, 7) is 4.18. The highest BCUT2D eigenvalue weighted by molar-refractivity contribution is 7.80. The molecule has 1 aromatic heterocycles. The van der Waals surface area contributed by atoms with E-state index in [0.717, 1.165) is 36.8 Å². The van der Waals surface area contributed by atoms with Crippen LogP contribution in [0.2, 0.25) is 0 Å². The van der Waals surface area contributed by atoms with Gasteiger partial charge in [0.1, 0.15) is 4.99 Å². The maximum Gasteiger partial charge on any atom is 0.161 e. The lowest BCUT2D eigenvalue weighted by Gasteiger charge is -2.24. The first-order valence-corrected chi connectivity index (χ1v) is 6.49. The van der Waals surface area contributed by atoms with Crippen molar-refractivity contribution in [2.45, 2.75) is 26.2 Å². The number of nitrogens with two attached hydrogens (primary N) is 1. The highest BCUT2D eigenvalue weighted by atomic mass is 32.1. The molecule has 1 saturated carbocycles. The van der Waals surface area contributed by atoms with Gasteiger partial charge in [0.05, 0.1) is 11.8 Å². The first kappa shape index (κ1) is 12.2. The Morgan fingerprint density at radius 3 is 2.94 bits per heavy atom. The Balaban J connectivity index is 2.23. The third-order valence-electron chi connectivity index (χ3n) is 2.94. The van der Waals surface area contributed by atoms with Crippen molar-refractivity contribution < 1.29 is 0 Å². The van der Waals surface area contributed by atoms with E-state index in [-0.39, 0.29) is 0 Å². The number of thiocarbonyl (C=S) groups is 1. The molecule has 0 bridgehead atoms. The quantitative estimate of drug-likeness (QED) is 0.779. The molecule has 0 aliphatic heterocycles. The van der Waals surface area contributed by atoms with Crippen LogP contribution in [0.1, 0.15) is 31.7 Å². The van der Waals surface area contributed by atoms with Crippen molar-refractivity contribution in [2.24, 2.45) is 11.7 Å². The second-order valence-electron chi connectivity index (χ2n) is 4.52. The molecule has 1 heterocycles. The second-order valence-corrected chi connectivity index (χ2v) is 4.96. The molecule has 1 aliphatic rings. The molecule has 0 saturated heterocycles. The Hall–Kier alpha value is -1.23. The zero-order chi connectivity index (χ0) is 12.3. The predicted octanol–water partition coefficient (Wildman–Crippen LogP) is 1.74. The number of aromatic nitrogens is 2. The van der Waals surface area contributed by atoms with Crippen molar-refractivity contribution in [1.82, 2.24) is 10.2 Å². The molecule has 0 radical (unpaired) electrons. The van der Waals surface area contributed by atoms with E-state index in [1.807, 2.05) is 6.07 Å². The van der Waals surface area contributed by atoms with Crippen LogP contribution in [0.4, 0.5) is 5.82 Å². The molecule has 2 rings (SSSR count). The minimum absolute atomic E-state index is 0.395. The monoisotopic (exact) mass is 250 g/mol. The smallest absolute Gasteiger partial charge is 0.161 e. The van der Waals surface area contributed by atoms with Gasteiger partial charge in [0, 0.05) is 13.1 Å². The minimum atomic E-state index is 0.395. The van der Waals surface area contributed by atoms with E-state index in [9.17, 15) is 0 Å². The summed E-state index contributed by atoms with van der Waals surface area (Å²) < 4.78 is 0. The van der Waals surface area contributed by atoms with Crippen LogP contribution in [0.5, 0.6) is 0 Å². The number of anilines is 1. The lowest BCUT2D eigenvalue weighted by Crippen LogP contribution is -2.30. The van der Waals surface area contributed by atoms with Gasteiger partial charge < -0.3 is 10.6 Å². The summed E-state index contributed by atoms with van der Waals surface area (Å²) in [5.41, 5.74) is 6.57. The fourth-order valence-electron chi connectivity index (χ4n) is 1.92. The predicted molar refractivity (Wildman–Crippen MR) is 73.1 cm³/mol. The lowest BCUT2D eigenvalue weighted by atomic mass is 10.2. The second kappa shape index (κ2) is 5.40. The summed E-state index contributed by atoms with van der Waals surface area (Å²) in [5.74, 6) is 1.65. The average molecular weight is 250 g/mol. The maximum absolute atomic E-state index is 5.73. The van der Waals surface area contributed by atoms with Gasteiger partial charge >= 0.3 is 0 Å². The zero-order valence-corrected chi connectivity index (χ0v) is 10.9. The van der Waals surface area contributed by atoms with Crippen LogP contribution >= 0.6 is 12.2 Å². The Morgan fingerprint density at radius 2 is 2.35 bits per heavy atom. The first-order chi connectivity index (χ1) is 8.22. The van der Waals surface area contributed by atoms with E-state index in [4.69, 9.17) is 18.0 Å². The Bertz CT molecular complexity index is 403. The molecule has 1 fully saturated rings. The molecular formula is C12H18N4S. The molecule has 0 aromatic carbocycles. The summed E-state index contributed by atoms with van der Waals surface area (Å²) >= 11 is 5.07. The van der Waals surface area contributed by atoms with Gasteiger partial charge in [-0.3, -0.25) is 0 Å². The number of nitrogens with zero attached hydrogens (tertiary/aromatic N) is 3. The molecule has 0 spiro atoms. The minimum Gasteiger partial charge on any atom is -0.389 e. The van der Waals surface area contributed by atoms with Gasteiger partial charge in [-0.15, -0.1) is 5.10 Å². The molecule has 92 valence electrons. The summed E-state index contributed by atoms with van der Waals surface area (Å²) in [5, 5.41) is 8.16. The average Bonchev–Trinajstić information content (AvgIpc) is 3.12. The van der Waals surface area contributed by atoms with Crippen LogP contribution in [0, 0.1) is 5.92 Å². The highest BCUT2D eigenvalue weighted by Gasteiger charge is 2.26. The van der Waals surface area contributed by atoms with Gasteiger partial charge in [0.2, 0.25) is 0 Å². The largest absolute Gasteiger partial charge is 0.389 e. The summed E-state index contributed by atoms with van der Waals surface area (Å²) in [4.78, 5) is 2.66. The summed E-state index contributed by atoms with van der Waals surface area (Å²) in [6, 6.07) is 1.85. The van der Waals surface area contributed by atoms with Crippen molar-refractivity contribution in [3.05, 3.63) is 17.8 Å². The van der Waals surface area contributed by atoms with Crippen molar-refractivity contribution in [1.29, 1.82) is 0 Å². The van der Waals surface area contributed by atoms with Gasteiger partial charge in [-0.05, 0) is 31.2 Å². The van der Waals surface area contributed by atoms with Crippen molar-refractivity contribution >= 4 is 23.0 Å². The van der Waals surface area contributed by atoms with Crippen LogP contribution in [0.3, 0.4) is 0 Å². The molecule has 17 heavy (non-hydrogen) atoms. The van der Waals surface area contributed by atoms with E-state index < -0.39 is 0 Å². The molecule has 1 aromatic rings. The molecule has 0 atom stereocenters. The van der Waals surface area contributed by atoms with Crippen LogP contribution in [-0.2, 0) is 0 Å². The third-order valence-corrected chi connectivity index (χ3v) is 3.16. The van der Waals surface area contributed by atoms with Gasteiger partial charge in [0.25, 0.3) is 0 Å².